The van der Waals surface area contributed by atoms with Crippen LogP contribution < -0.4 is 4.72 Å². The van der Waals surface area contributed by atoms with Crippen molar-refractivity contribution >= 4 is 10.0 Å². The summed E-state index contributed by atoms with van der Waals surface area (Å²) in [6.07, 6.45) is 1.57. The maximum atomic E-state index is 12.3. The number of sulfonamides is 1. The van der Waals surface area contributed by atoms with E-state index in [0.29, 0.717) is 12.0 Å². The lowest BCUT2D eigenvalue weighted by Crippen LogP contribution is -2.30. The Morgan fingerprint density at radius 3 is 2.45 bits per heavy atom. The second-order valence-corrected chi connectivity index (χ2v) is 8.27. The summed E-state index contributed by atoms with van der Waals surface area (Å²) in [6, 6.07) is 6.99. The molecule has 1 aromatic rings. The number of hydrogen-bond acceptors (Lipinski definition) is 3. The molecule has 1 saturated carbocycles. The third-order valence-corrected chi connectivity index (χ3v) is 5.20. The van der Waals surface area contributed by atoms with Gasteiger partial charge < -0.3 is 5.11 Å². The first-order chi connectivity index (χ1) is 9.20. The van der Waals surface area contributed by atoms with E-state index in [2.05, 4.69) is 4.72 Å². The lowest BCUT2D eigenvalue weighted by atomic mass is 9.85. The van der Waals surface area contributed by atoms with Crippen LogP contribution in [0.2, 0.25) is 0 Å². The van der Waals surface area contributed by atoms with E-state index in [4.69, 9.17) is 0 Å². The number of benzene rings is 1. The monoisotopic (exact) mass is 297 g/mol. The Kier molecular flexibility index (Phi) is 4.23. The van der Waals surface area contributed by atoms with Crippen LogP contribution in [0.15, 0.2) is 29.2 Å². The molecule has 0 saturated heterocycles. The summed E-state index contributed by atoms with van der Waals surface area (Å²) in [5.41, 5.74) is 0.393. The molecule has 0 radical (unpaired) electrons. The highest BCUT2D eigenvalue weighted by Gasteiger charge is 2.30. The predicted molar refractivity (Wildman–Crippen MR) is 79.0 cm³/mol. The molecular weight excluding hydrogens is 274 g/mol. The quantitative estimate of drug-likeness (QED) is 0.874. The zero-order valence-electron chi connectivity index (χ0n) is 12.3. The minimum atomic E-state index is -3.48. The van der Waals surface area contributed by atoms with Gasteiger partial charge in [0, 0.05) is 12.5 Å². The van der Waals surface area contributed by atoms with E-state index >= 15 is 0 Å². The van der Waals surface area contributed by atoms with Gasteiger partial charge in [-0.1, -0.05) is 39.0 Å². The lowest BCUT2D eigenvalue weighted by molar-refractivity contribution is 0.0631. The smallest absolute Gasteiger partial charge is 0.241 e. The number of rotatable bonds is 5. The van der Waals surface area contributed by atoms with Gasteiger partial charge in [-0.25, -0.2) is 13.1 Å². The van der Waals surface area contributed by atoms with Crippen LogP contribution in [-0.4, -0.2) is 25.7 Å². The maximum Gasteiger partial charge on any atom is 0.241 e. The van der Waals surface area contributed by atoms with E-state index in [0.717, 1.165) is 12.8 Å². The minimum absolute atomic E-state index is 0.0839. The normalized spacial score (nSPS) is 18.0. The van der Waals surface area contributed by atoms with Crippen molar-refractivity contribution in [1.82, 2.24) is 4.72 Å². The Balaban J connectivity index is 2.26. The first-order valence-electron chi connectivity index (χ1n) is 6.98. The molecule has 0 aliphatic heterocycles. The molecule has 2 N–H and O–H groups in total. The molecule has 0 heterocycles. The second kappa shape index (κ2) is 5.47. The van der Waals surface area contributed by atoms with Crippen LogP contribution >= 0.6 is 0 Å². The van der Waals surface area contributed by atoms with E-state index in [1.54, 1.807) is 24.3 Å². The molecular formula is C15H23NO3S. The third kappa shape index (κ3) is 3.81. The van der Waals surface area contributed by atoms with Crippen molar-refractivity contribution in [3.8, 4) is 0 Å². The van der Waals surface area contributed by atoms with E-state index in [1.807, 2.05) is 20.8 Å². The van der Waals surface area contributed by atoms with Gasteiger partial charge in [-0.2, -0.15) is 0 Å². The molecule has 1 atom stereocenters. The molecule has 5 heteroatoms. The van der Waals surface area contributed by atoms with Crippen molar-refractivity contribution in [3.05, 3.63) is 29.8 Å². The van der Waals surface area contributed by atoms with Crippen molar-refractivity contribution in [3.63, 3.8) is 0 Å². The molecule has 1 fully saturated rings. The lowest BCUT2D eigenvalue weighted by Gasteiger charge is -2.26. The average molecular weight is 297 g/mol. The van der Waals surface area contributed by atoms with E-state index < -0.39 is 16.1 Å². The van der Waals surface area contributed by atoms with Crippen molar-refractivity contribution in [2.75, 3.05) is 0 Å². The summed E-state index contributed by atoms with van der Waals surface area (Å²) in [5, 5.41) is 10.2. The number of nitrogens with one attached hydrogen (secondary N) is 1. The summed E-state index contributed by atoms with van der Waals surface area (Å²) in [4.78, 5) is 0.287. The van der Waals surface area contributed by atoms with Crippen molar-refractivity contribution in [2.45, 2.75) is 57.1 Å². The fourth-order valence-corrected chi connectivity index (χ4v) is 3.49. The number of aliphatic hydroxyl groups excluding tert-OH is 1. The van der Waals surface area contributed by atoms with Crippen molar-refractivity contribution in [1.29, 1.82) is 0 Å². The first-order valence-corrected chi connectivity index (χ1v) is 8.47. The van der Waals surface area contributed by atoms with Crippen molar-refractivity contribution in [2.24, 2.45) is 5.41 Å². The Morgan fingerprint density at radius 1 is 1.30 bits per heavy atom. The van der Waals surface area contributed by atoms with Crippen LogP contribution in [0.25, 0.3) is 0 Å². The number of aliphatic hydroxyl groups is 1. The van der Waals surface area contributed by atoms with Gasteiger partial charge in [0.05, 0.1) is 11.0 Å². The summed E-state index contributed by atoms with van der Waals surface area (Å²) in [5.74, 6) is 0. The third-order valence-electron chi connectivity index (χ3n) is 3.57. The fraction of sp³-hybridized carbons (Fsp3) is 0.600. The van der Waals surface area contributed by atoms with Crippen molar-refractivity contribution < 1.29 is 13.5 Å². The molecule has 20 heavy (non-hydrogen) atoms. The Hall–Kier alpha value is -0.910. The van der Waals surface area contributed by atoms with Gasteiger partial charge in [0.1, 0.15) is 0 Å². The fourth-order valence-electron chi connectivity index (χ4n) is 1.93. The van der Waals surface area contributed by atoms with Gasteiger partial charge in [-0.3, -0.25) is 0 Å². The van der Waals surface area contributed by atoms with Gasteiger partial charge in [-0.15, -0.1) is 0 Å². The van der Waals surface area contributed by atoms with Gasteiger partial charge in [0.15, 0.2) is 0 Å². The molecule has 0 spiro atoms. The molecule has 0 amide bonds. The topological polar surface area (TPSA) is 66.4 Å². The number of hydrogen-bond donors (Lipinski definition) is 2. The van der Waals surface area contributed by atoms with E-state index in [-0.39, 0.29) is 16.4 Å². The van der Waals surface area contributed by atoms with Gasteiger partial charge in [0.2, 0.25) is 10.0 Å². The molecule has 0 aromatic heterocycles. The minimum Gasteiger partial charge on any atom is -0.392 e. The predicted octanol–water partition coefficient (Wildman–Crippen LogP) is 2.08. The van der Waals surface area contributed by atoms with Gasteiger partial charge in [0.25, 0.3) is 0 Å². The molecule has 2 rings (SSSR count). The Labute approximate surface area is 121 Å². The van der Waals surface area contributed by atoms with E-state index in [1.165, 1.54) is 0 Å². The maximum absolute atomic E-state index is 12.3. The van der Waals surface area contributed by atoms with Crippen LogP contribution in [0, 0.1) is 5.41 Å². The highest BCUT2D eigenvalue weighted by atomic mass is 32.2. The summed E-state index contributed by atoms with van der Waals surface area (Å²) >= 11 is 0. The van der Waals surface area contributed by atoms with Crippen LogP contribution in [0.3, 0.4) is 0 Å². The van der Waals surface area contributed by atoms with Gasteiger partial charge >= 0.3 is 0 Å². The van der Waals surface area contributed by atoms with Crippen LogP contribution in [0.5, 0.6) is 0 Å². The highest BCUT2D eigenvalue weighted by Crippen LogP contribution is 2.27. The second-order valence-electron chi connectivity index (χ2n) is 6.59. The Morgan fingerprint density at radius 2 is 1.90 bits per heavy atom. The molecule has 1 aromatic carbocycles. The molecule has 1 unspecified atom stereocenters. The highest BCUT2D eigenvalue weighted by molar-refractivity contribution is 7.89. The molecule has 1 aliphatic carbocycles. The molecule has 4 nitrogen and oxygen atoms in total. The summed E-state index contributed by atoms with van der Waals surface area (Å²) in [6.45, 7) is 5.83. The summed E-state index contributed by atoms with van der Waals surface area (Å²) < 4.78 is 27.4. The SMILES string of the molecule is CC(C)(C)C(O)Cc1ccccc1S(=O)(=O)NC1CC1. The zero-order chi connectivity index (χ0) is 15.0. The van der Waals surface area contributed by atoms with E-state index in [9.17, 15) is 13.5 Å². The average Bonchev–Trinajstić information content (AvgIpc) is 3.11. The zero-order valence-corrected chi connectivity index (χ0v) is 13.1. The van der Waals surface area contributed by atoms with Crippen LogP contribution in [0.4, 0.5) is 0 Å². The largest absolute Gasteiger partial charge is 0.392 e. The summed E-state index contributed by atoms with van der Waals surface area (Å²) in [7, 11) is -3.48. The first kappa shape index (κ1) is 15.5. The molecule has 112 valence electrons. The molecule has 0 bridgehead atoms. The van der Waals surface area contributed by atoms with Crippen LogP contribution in [-0.2, 0) is 16.4 Å². The standard InChI is InChI=1S/C15H23NO3S/c1-15(2,3)14(17)10-11-6-4-5-7-13(11)20(18,19)16-12-8-9-12/h4-7,12,14,16-17H,8-10H2,1-3H3. The Bertz CT molecular complexity index is 571. The van der Waals surface area contributed by atoms with Gasteiger partial charge in [-0.05, 0) is 29.9 Å². The van der Waals surface area contributed by atoms with Crippen LogP contribution in [0.1, 0.15) is 39.2 Å². The molecule has 1 aliphatic rings.